The normalized spacial score (nSPS) is 10.4. The van der Waals surface area contributed by atoms with Crippen LogP contribution < -0.4 is 5.48 Å². The standard InChI is InChI=1S/C10H15N3O2/c1-7(2)6-15-13-10(14)9-5-11-8(3)4-12-9/h4-5,7H,6H2,1-3H3,(H,13,14). The van der Waals surface area contributed by atoms with Crippen molar-refractivity contribution in [2.75, 3.05) is 6.61 Å². The molecule has 0 fully saturated rings. The van der Waals surface area contributed by atoms with E-state index in [0.29, 0.717) is 12.5 Å². The first-order valence-corrected chi connectivity index (χ1v) is 4.80. The fraction of sp³-hybridized carbons (Fsp3) is 0.500. The zero-order valence-electron chi connectivity index (χ0n) is 9.15. The van der Waals surface area contributed by atoms with Gasteiger partial charge < -0.3 is 0 Å². The van der Waals surface area contributed by atoms with Gasteiger partial charge in [0.2, 0.25) is 0 Å². The molecule has 0 saturated carbocycles. The summed E-state index contributed by atoms with van der Waals surface area (Å²) in [6.07, 6.45) is 2.96. The summed E-state index contributed by atoms with van der Waals surface area (Å²) >= 11 is 0. The molecule has 1 heterocycles. The molecule has 1 aromatic heterocycles. The number of carbonyl (C=O) groups excluding carboxylic acids is 1. The summed E-state index contributed by atoms with van der Waals surface area (Å²) in [5, 5.41) is 0. The van der Waals surface area contributed by atoms with Gasteiger partial charge in [-0.1, -0.05) is 13.8 Å². The van der Waals surface area contributed by atoms with E-state index in [1.807, 2.05) is 20.8 Å². The summed E-state index contributed by atoms with van der Waals surface area (Å²) in [5.74, 6) is -0.00227. The Labute approximate surface area is 88.8 Å². The molecule has 82 valence electrons. The largest absolute Gasteiger partial charge is 0.295 e. The average molecular weight is 209 g/mol. The fourth-order valence-electron chi connectivity index (χ4n) is 0.836. The van der Waals surface area contributed by atoms with Gasteiger partial charge in [-0.25, -0.2) is 10.5 Å². The molecule has 0 radical (unpaired) electrons. The third-order valence-electron chi connectivity index (χ3n) is 1.60. The van der Waals surface area contributed by atoms with Crippen LogP contribution in [0.1, 0.15) is 30.0 Å². The van der Waals surface area contributed by atoms with E-state index in [1.54, 1.807) is 0 Å². The lowest BCUT2D eigenvalue weighted by Gasteiger charge is -2.06. The number of hydroxylamine groups is 1. The topological polar surface area (TPSA) is 64.1 Å². The van der Waals surface area contributed by atoms with Crippen LogP contribution in [0.25, 0.3) is 0 Å². The molecule has 0 bridgehead atoms. The molecule has 0 saturated heterocycles. The summed E-state index contributed by atoms with van der Waals surface area (Å²) in [5.41, 5.74) is 3.34. The van der Waals surface area contributed by atoms with Crippen LogP contribution in [0.15, 0.2) is 12.4 Å². The molecule has 0 aliphatic carbocycles. The molecular weight excluding hydrogens is 194 g/mol. The van der Waals surface area contributed by atoms with E-state index in [0.717, 1.165) is 5.69 Å². The van der Waals surface area contributed by atoms with Crippen molar-refractivity contribution in [2.24, 2.45) is 5.92 Å². The van der Waals surface area contributed by atoms with Crippen LogP contribution in [0.4, 0.5) is 0 Å². The Bertz CT molecular complexity index is 322. The number of aryl methyl sites for hydroxylation is 1. The van der Waals surface area contributed by atoms with Gasteiger partial charge in [0.25, 0.3) is 5.91 Å². The average Bonchev–Trinajstić information content (AvgIpc) is 2.18. The second kappa shape index (κ2) is 5.41. The Morgan fingerprint density at radius 3 is 2.73 bits per heavy atom. The first-order valence-electron chi connectivity index (χ1n) is 4.80. The summed E-state index contributed by atoms with van der Waals surface area (Å²) in [4.78, 5) is 24.3. The van der Waals surface area contributed by atoms with Gasteiger partial charge in [-0.3, -0.25) is 14.6 Å². The number of hydrogen-bond acceptors (Lipinski definition) is 4. The predicted molar refractivity (Wildman–Crippen MR) is 55.0 cm³/mol. The zero-order valence-corrected chi connectivity index (χ0v) is 9.15. The molecule has 0 aliphatic heterocycles. The Kier molecular flexibility index (Phi) is 4.17. The van der Waals surface area contributed by atoms with Crippen LogP contribution in [0, 0.1) is 12.8 Å². The minimum Gasteiger partial charge on any atom is -0.273 e. The van der Waals surface area contributed by atoms with Gasteiger partial charge in [0.15, 0.2) is 0 Å². The van der Waals surface area contributed by atoms with E-state index in [2.05, 4.69) is 15.4 Å². The van der Waals surface area contributed by atoms with Gasteiger partial charge in [-0.2, -0.15) is 0 Å². The first-order chi connectivity index (χ1) is 7.09. The van der Waals surface area contributed by atoms with Crippen molar-refractivity contribution in [1.82, 2.24) is 15.4 Å². The number of carbonyl (C=O) groups is 1. The summed E-state index contributed by atoms with van der Waals surface area (Å²) in [6.45, 7) is 6.28. The van der Waals surface area contributed by atoms with Gasteiger partial charge >= 0.3 is 0 Å². The lowest BCUT2D eigenvalue weighted by atomic mass is 10.2. The smallest absolute Gasteiger partial charge is 0.273 e. The predicted octanol–water partition coefficient (Wildman–Crippen LogP) is 1.10. The quantitative estimate of drug-likeness (QED) is 0.754. The third-order valence-corrected chi connectivity index (χ3v) is 1.60. The van der Waals surface area contributed by atoms with Crippen LogP contribution in [0.3, 0.4) is 0 Å². The van der Waals surface area contributed by atoms with Gasteiger partial charge in [0, 0.05) is 6.20 Å². The van der Waals surface area contributed by atoms with Crippen molar-refractivity contribution in [1.29, 1.82) is 0 Å². The molecular formula is C10H15N3O2. The molecule has 1 aromatic rings. The van der Waals surface area contributed by atoms with E-state index in [1.165, 1.54) is 12.4 Å². The molecule has 0 spiro atoms. The van der Waals surface area contributed by atoms with Crippen LogP contribution in [-0.4, -0.2) is 22.5 Å². The van der Waals surface area contributed by atoms with E-state index in [-0.39, 0.29) is 11.6 Å². The molecule has 5 nitrogen and oxygen atoms in total. The number of nitrogens with one attached hydrogen (secondary N) is 1. The van der Waals surface area contributed by atoms with Crippen LogP contribution in [0.5, 0.6) is 0 Å². The number of aromatic nitrogens is 2. The van der Waals surface area contributed by atoms with E-state index in [4.69, 9.17) is 4.84 Å². The minimum atomic E-state index is -0.372. The molecule has 0 aliphatic rings. The molecule has 1 rings (SSSR count). The molecule has 0 unspecified atom stereocenters. The minimum absolute atomic E-state index is 0.254. The van der Waals surface area contributed by atoms with E-state index in [9.17, 15) is 4.79 Å². The molecule has 0 atom stereocenters. The van der Waals surface area contributed by atoms with Crippen molar-refractivity contribution in [3.8, 4) is 0 Å². The molecule has 0 aromatic carbocycles. The van der Waals surface area contributed by atoms with Crippen molar-refractivity contribution >= 4 is 5.91 Å². The number of hydrogen-bond donors (Lipinski definition) is 1. The SMILES string of the molecule is Cc1cnc(C(=O)NOCC(C)C)cn1. The fourth-order valence-corrected chi connectivity index (χ4v) is 0.836. The Hall–Kier alpha value is -1.49. The Balaban J connectivity index is 2.43. The zero-order chi connectivity index (χ0) is 11.3. The van der Waals surface area contributed by atoms with Crippen LogP contribution >= 0.6 is 0 Å². The number of rotatable bonds is 4. The van der Waals surface area contributed by atoms with E-state index < -0.39 is 0 Å². The molecule has 5 heteroatoms. The highest BCUT2D eigenvalue weighted by Gasteiger charge is 2.07. The Morgan fingerprint density at radius 2 is 2.20 bits per heavy atom. The van der Waals surface area contributed by atoms with Crippen molar-refractivity contribution < 1.29 is 9.63 Å². The highest BCUT2D eigenvalue weighted by molar-refractivity contribution is 5.91. The van der Waals surface area contributed by atoms with Crippen molar-refractivity contribution in [2.45, 2.75) is 20.8 Å². The summed E-state index contributed by atoms with van der Waals surface area (Å²) < 4.78 is 0. The number of nitrogens with zero attached hydrogens (tertiary/aromatic N) is 2. The van der Waals surface area contributed by atoms with Crippen molar-refractivity contribution in [3.63, 3.8) is 0 Å². The second-order valence-corrected chi connectivity index (χ2v) is 3.68. The maximum atomic E-state index is 11.4. The van der Waals surface area contributed by atoms with Crippen molar-refractivity contribution in [3.05, 3.63) is 23.8 Å². The summed E-state index contributed by atoms with van der Waals surface area (Å²) in [7, 11) is 0. The monoisotopic (exact) mass is 209 g/mol. The molecule has 15 heavy (non-hydrogen) atoms. The molecule has 1 amide bonds. The summed E-state index contributed by atoms with van der Waals surface area (Å²) in [6, 6.07) is 0. The molecule has 1 N–H and O–H groups in total. The van der Waals surface area contributed by atoms with Gasteiger partial charge in [-0.15, -0.1) is 0 Å². The maximum Gasteiger partial charge on any atom is 0.295 e. The van der Waals surface area contributed by atoms with Gasteiger partial charge in [-0.05, 0) is 12.8 Å². The number of amides is 1. The lowest BCUT2D eigenvalue weighted by molar-refractivity contribution is 0.0204. The maximum absolute atomic E-state index is 11.4. The third kappa shape index (κ3) is 4.03. The lowest BCUT2D eigenvalue weighted by Crippen LogP contribution is -2.26. The van der Waals surface area contributed by atoms with Crippen LogP contribution in [0.2, 0.25) is 0 Å². The highest BCUT2D eigenvalue weighted by atomic mass is 16.6. The van der Waals surface area contributed by atoms with Gasteiger partial charge in [0.05, 0.1) is 18.5 Å². The first kappa shape index (κ1) is 11.6. The Morgan fingerprint density at radius 1 is 1.47 bits per heavy atom. The highest BCUT2D eigenvalue weighted by Crippen LogP contribution is 1.95. The van der Waals surface area contributed by atoms with Crippen LogP contribution in [-0.2, 0) is 4.84 Å². The second-order valence-electron chi connectivity index (χ2n) is 3.68. The van der Waals surface area contributed by atoms with E-state index >= 15 is 0 Å². The van der Waals surface area contributed by atoms with Gasteiger partial charge in [0.1, 0.15) is 5.69 Å².